The highest BCUT2D eigenvalue weighted by Gasteiger charge is 2.18. The largest absolute Gasteiger partial charge is 0.350 e. The molecule has 0 aromatic carbocycles. The molecule has 0 saturated carbocycles. The van der Waals surface area contributed by atoms with E-state index in [2.05, 4.69) is 52.1 Å². The molecule has 15 heavy (non-hydrogen) atoms. The van der Waals surface area contributed by atoms with Gasteiger partial charge in [-0.15, -0.1) is 0 Å². The van der Waals surface area contributed by atoms with Gasteiger partial charge in [0, 0.05) is 26.0 Å². The lowest BCUT2D eigenvalue weighted by atomic mass is 10.1. The number of nitrogens with zero attached hydrogens (tertiary/aromatic N) is 2. The van der Waals surface area contributed by atoms with Crippen molar-refractivity contribution in [3.63, 3.8) is 0 Å². The van der Waals surface area contributed by atoms with Gasteiger partial charge in [-0.3, -0.25) is 0 Å². The van der Waals surface area contributed by atoms with E-state index in [0.717, 1.165) is 0 Å². The van der Waals surface area contributed by atoms with Gasteiger partial charge in [-0.05, 0) is 22.4 Å². The summed E-state index contributed by atoms with van der Waals surface area (Å²) in [6, 6.07) is 0. The molecule has 1 aliphatic heterocycles. The molecule has 0 aliphatic carbocycles. The average molecular weight is 275 g/mol. The summed E-state index contributed by atoms with van der Waals surface area (Å²) >= 11 is 3.65. The predicted octanol–water partition coefficient (Wildman–Crippen LogP) is 3.74. The minimum absolute atomic E-state index is 0.369. The quantitative estimate of drug-likeness (QED) is 0.397. The Morgan fingerprint density at radius 2 is 1.73 bits per heavy atom. The number of unbranched alkanes of at least 4 members (excludes halogenated alkanes) is 5. The Morgan fingerprint density at radius 1 is 1.07 bits per heavy atom. The second kappa shape index (κ2) is 7.15. The molecular formula is C12H23BrN2. The van der Waals surface area contributed by atoms with Crippen LogP contribution in [0.1, 0.15) is 45.4 Å². The zero-order chi connectivity index (χ0) is 11.1. The standard InChI is InChI=1S/C12H23BrN2/c1-3-4-5-6-7-8-9-15-11-10-14(2)12(15)13/h10-12H,3-9H2,1-2H3. The van der Waals surface area contributed by atoms with Crippen LogP contribution >= 0.6 is 15.9 Å². The number of hydrogen-bond acceptors (Lipinski definition) is 2. The third kappa shape index (κ3) is 4.45. The molecule has 88 valence electrons. The lowest BCUT2D eigenvalue weighted by Gasteiger charge is -2.25. The van der Waals surface area contributed by atoms with Crippen molar-refractivity contribution in [1.29, 1.82) is 0 Å². The zero-order valence-electron chi connectivity index (χ0n) is 9.95. The maximum atomic E-state index is 3.65. The first kappa shape index (κ1) is 12.9. The van der Waals surface area contributed by atoms with E-state index in [-0.39, 0.29) is 0 Å². The highest BCUT2D eigenvalue weighted by atomic mass is 79.9. The Morgan fingerprint density at radius 3 is 2.33 bits per heavy atom. The van der Waals surface area contributed by atoms with Gasteiger partial charge >= 0.3 is 0 Å². The first-order chi connectivity index (χ1) is 7.25. The van der Waals surface area contributed by atoms with Crippen LogP contribution in [0.5, 0.6) is 0 Å². The van der Waals surface area contributed by atoms with Gasteiger partial charge in [-0.25, -0.2) is 0 Å². The zero-order valence-corrected chi connectivity index (χ0v) is 11.5. The van der Waals surface area contributed by atoms with Gasteiger partial charge in [0.15, 0.2) is 5.08 Å². The van der Waals surface area contributed by atoms with E-state index in [1.165, 1.54) is 45.1 Å². The fourth-order valence-electron chi connectivity index (χ4n) is 1.82. The smallest absolute Gasteiger partial charge is 0.158 e. The number of rotatable bonds is 7. The fourth-order valence-corrected chi connectivity index (χ4v) is 2.30. The van der Waals surface area contributed by atoms with Gasteiger partial charge in [0.1, 0.15) is 0 Å². The predicted molar refractivity (Wildman–Crippen MR) is 69.7 cm³/mol. The molecule has 0 bridgehead atoms. The Balaban J connectivity index is 1.99. The molecule has 0 saturated heterocycles. The molecule has 0 aromatic rings. The van der Waals surface area contributed by atoms with Crippen LogP contribution in [0, 0.1) is 0 Å². The molecular weight excluding hydrogens is 252 g/mol. The van der Waals surface area contributed by atoms with Crippen molar-refractivity contribution in [3.8, 4) is 0 Å². The number of hydrogen-bond donors (Lipinski definition) is 0. The first-order valence-corrected chi connectivity index (χ1v) is 6.97. The first-order valence-electron chi connectivity index (χ1n) is 6.05. The molecule has 1 heterocycles. The summed E-state index contributed by atoms with van der Waals surface area (Å²) in [5, 5.41) is 0.369. The van der Waals surface area contributed by atoms with Crippen molar-refractivity contribution in [1.82, 2.24) is 9.80 Å². The highest BCUT2D eigenvalue weighted by molar-refractivity contribution is 9.09. The van der Waals surface area contributed by atoms with Gasteiger partial charge in [0.25, 0.3) is 0 Å². The van der Waals surface area contributed by atoms with Crippen LogP contribution in [0.15, 0.2) is 12.4 Å². The molecule has 0 aromatic heterocycles. The topological polar surface area (TPSA) is 6.48 Å². The van der Waals surface area contributed by atoms with E-state index >= 15 is 0 Å². The summed E-state index contributed by atoms with van der Waals surface area (Å²) in [6.07, 6.45) is 12.5. The Kier molecular flexibility index (Phi) is 6.15. The van der Waals surface area contributed by atoms with E-state index in [0.29, 0.717) is 5.08 Å². The van der Waals surface area contributed by atoms with Crippen molar-refractivity contribution in [2.45, 2.75) is 50.5 Å². The number of halogens is 1. The van der Waals surface area contributed by atoms with Crippen LogP contribution in [0.2, 0.25) is 0 Å². The molecule has 2 nitrogen and oxygen atoms in total. The maximum Gasteiger partial charge on any atom is 0.158 e. The van der Waals surface area contributed by atoms with Crippen molar-refractivity contribution >= 4 is 15.9 Å². The lowest BCUT2D eigenvalue weighted by Crippen LogP contribution is -2.31. The molecule has 0 N–H and O–H groups in total. The van der Waals surface area contributed by atoms with Gasteiger partial charge in [-0.1, -0.05) is 39.0 Å². The van der Waals surface area contributed by atoms with Crippen molar-refractivity contribution in [2.24, 2.45) is 0 Å². The normalized spacial score (nSPS) is 20.3. The molecule has 0 radical (unpaired) electrons. The Labute approximate surface area is 102 Å². The summed E-state index contributed by atoms with van der Waals surface area (Å²) < 4.78 is 0. The van der Waals surface area contributed by atoms with E-state index in [4.69, 9.17) is 0 Å². The summed E-state index contributed by atoms with van der Waals surface area (Å²) in [4.78, 5) is 4.52. The van der Waals surface area contributed by atoms with Crippen LogP contribution in [0.25, 0.3) is 0 Å². The Hall–Kier alpha value is -0.180. The molecule has 0 spiro atoms. The number of alkyl halides is 1. The van der Waals surface area contributed by atoms with Crippen LogP contribution in [0.4, 0.5) is 0 Å². The second-order valence-electron chi connectivity index (χ2n) is 4.28. The summed E-state index contributed by atoms with van der Waals surface area (Å²) in [5.74, 6) is 0. The Bertz CT molecular complexity index is 194. The van der Waals surface area contributed by atoms with Gasteiger partial charge in [0.2, 0.25) is 0 Å². The van der Waals surface area contributed by atoms with Gasteiger partial charge in [0.05, 0.1) is 0 Å². The van der Waals surface area contributed by atoms with Crippen molar-refractivity contribution < 1.29 is 0 Å². The molecule has 0 fully saturated rings. The van der Waals surface area contributed by atoms with Gasteiger partial charge < -0.3 is 9.80 Å². The summed E-state index contributed by atoms with van der Waals surface area (Å²) in [6.45, 7) is 3.43. The minimum Gasteiger partial charge on any atom is -0.350 e. The molecule has 1 rings (SSSR count). The van der Waals surface area contributed by atoms with Crippen LogP contribution in [-0.2, 0) is 0 Å². The summed E-state index contributed by atoms with van der Waals surface area (Å²) in [5.41, 5.74) is 0. The second-order valence-corrected chi connectivity index (χ2v) is 5.10. The van der Waals surface area contributed by atoms with Crippen molar-refractivity contribution in [3.05, 3.63) is 12.4 Å². The van der Waals surface area contributed by atoms with Crippen LogP contribution < -0.4 is 0 Å². The van der Waals surface area contributed by atoms with Crippen molar-refractivity contribution in [2.75, 3.05) is 13.6 Å². The SMILES string of the molecule is CCCCCCCCN1C=CN(C)C1Br. The lowest BCUT2D eigenvalue weighted by molar-refractivity contribution is 0.264. The van der Waals surface area contributed by atoms with Crippen LogP contribution in [-0.4, -0.2) is 28.5 Å². The van der Waals surface area contributed by atoms with Gasteiger partial charge in [-0.2, -0.15) is 0 Å². The van der Waals surface area contributed by atoms with E-state index in [1.54, 1.807) is 0 Å². The third-order valence-corrected chi connectivity index (χ3v) is 4.04. The molecule has 0 amide bonds. The van der Waals surface area contributed by atoms with E-state index < -0.39 is 0 Å². The molecule has 3 heteroatoms. The molecule has 1 aliphatic rings. The monoisotopic (exact) mass is 274 g/mol. The molecule has 1 atom stereocenters. The van der Waals surface area contributed by atoms with E-state index in [1.807, 2.05) is 0 Å². The highest BCUT2D eigenvalue weighted by Crippen LogP contribution is 2.19. The molecule has 1 unspecified atom stereocenters. The third-order valence-electron chi connectivity index (χ3n) is 2.87. The maximum absolute atomic E-state index is 3.65. The van der Waals surface area contributed by atoms with E-state index in [9.17, 15) is 0 Å². The average Bonchev–Trinajstić information content (AvgIpc) is 2.54. The minimum atomic E-state index is 0.369. The van der Waals surface area contributed by atoms with Crippen LogP contribution in [0.3, 0.4) is 0 Å². The fraction of sp³-hybridized carbons (Fsp3) is 0.833. The summed E-state index contributed by atoms with van der Waals surface area (Å²) in [7, 11) is 2.09.